The Bertz CT molecular complexity index is 734. The highest BCUT2D eigenvalue weighted by atomic mass is 35.5. The molecule has 25 heavy (non-hydrogen) atoms. The molecular weight excluding hydrogens is 357 g/mol. The summed E-state index contributed by atoms with van der Waals surface area (Å²) < 4.78 is 2.11. The lowest BCUT2D eigenvalue weighted by molar-refractivity contribution is 0.0702. The highest BCUT2D eigenvalue weighted by molar-refractivity contribution is 6.30. The Hall–Kier alpha value is -1.49. The van der Waals surface area contributed by atoms with Crippen LogP contribution in [0.2, 0.25) is 5.02 Å². The molecule has 1 amide bonds. The summed E-state index contributed by atoms with van der Waals surface area (Å²) in [6, 6.07) is 10.0. The molecule has 1 saturated heterocycles. The largest absolute Gasteiger partial charge is 0.339 e. The SMILES string of the molecule is Cc1cc(C(=O)N(C)C2CCNCC2)c(C)n1-c1ccc(Cl)cc1.Cl. The van der Waals surface area contributed by atoms with Crippen LogP contribution in [0, 0.1) is 13.8 Å². The molecule has 0 spiro atoms. The minimum atomic E-state index is 0. The number of carbonyl (C=O) groups is 1. The average Bonchev–Trinajstić information content (AvgIpc) is 2.90. The van der Waals surface area contributed by atoms with Crippen LogP contribution in [-0.2, 0) is 0 Å². The maximum absolute atomic E-state index is 13.0. The molecule has 0 unspecified atom stereocenters. The summed E-state index contributed by atoms with van der Waals surface area (Å²) in [6.07, 6.45) is 2.02. The number of halogens is 2. The van der Waals surface area contributed by atoms with Gasteiger partial charge in [-0.2, -0.15) is 0 Å². The average molecular weight is 382 g/mol. The third kappa shape index (κ3) is 4.02. The first-order chi connectivity index (χ1) is 11.5. The zero-order valence-corrected chi connectivity index (χ0v) is 16.5. The van der Waals surface area contributed by atoms with E-state index in [4.69, 9.17) is 11.6 Å². The number of nitrogens with zero attached hydrogens (tertiary/aromatic N) is 2. The van der Waals surface area contributed by atoms with Gasteiger partial charge in [0.15, 0.2) is 0 Å². The maximum atomic E-state index is 13.0. The van der Waals surface area contributed by atoms with Crippen LogP contribution in [0.4, 0.5) is 0 Å². The van der Waals surface area contributed by atoms with Crippen molar-refractivity contribution in [1.29, 1.82) is 0 Å². The van der Waals surface area contributed by atoms with Crippen LogP contribution in [0.5, 0.6) is 0 Å². The maximum Gasteiger partial charge on any atom is 0.255 e. The quantitative estimate of drug-likeness (QED) is 0.872. The van der Waals surface area contributed by atoms with Gasteiger partial charge in [0.2, 0.25) is 0 Å². The van der Waals surface area contributed by atoms with Gasteiger partial charge < -0.3 is 14.8 Å². The molecule has 136 valence electrons. The number of hydrogen-bond donors (Lipinski definition) is 1. The van der Waals surface area contributed by atoms with Gasteiger partial charge in [-0.15, -0.1) is 12.4 Å². The fourth-order valence-corrected chi connectivity index (χ4v) is 3.64. The predicted molar refractivity (Wildman–Crippen MR) is 105 cm³/mol. The van der Waals surface area contributed by atoms with Gasteiger partial charge in [0.05, 0.1) is 5.56 Å². The molecule has 0 bridgehead atoms. The molecule has 2 aromatic rings. The van der Waals surface area contributed by atoms with Gasteiger partial charge in [-0.1, -0.05) is 11.6 Å². The van der Waals surface area contributed by atoms with E-state index in [1.807, 2.05) is 56.1 Å². The number of aromatic nitrogens is 1. The summed E-state index contributed by atoms with van der Waals surface area (Å²) in [5.41, 5.74) is 3.83. The van der Waals surface area contributed by atoms with Crippen molar-refractivity contribution < 1.29 is 4.79 Å². The molecule has 0 aliphatic carbocycles. The molecule has 1 N–H and O–H groups in total. The Morgan fingerprint density at radius 2 is 1.80 bits per heavy atom. The molecule has 1 aromatic heterocycles. The molecule has 2 heterocycles. The number of amides is 1. The highest BCUT2D eigenvalue weighted by Crippen LogP contribution is 2.24. The van der Waals surface area contributed by atoms with E-state index in [0.29, 0.717) is 11.1 Å². The molecule has 3 rings (SSSR count). The monoisotopic (exact) mass is 381 g/mol. The van der Waals surface area contributed by atoms with Crippen molar-refractivity contribution in [2.45, 2.75) is 32.7 Å². The van der Waals surface area contributed by atoms with Crippen LogP contribution in [0.1, 0.15) is 34.6 Å². The first kappa shape index (κ1) is 19.8. The van der Waals surface area contributed by atoms with Crippen LogP contribution in [-0.4, -0.2) is 41.6 Å². The van der Waals surface area contributed by atoms with E-state index in [1.54, 1.807) is 0 Å². The first-order valence-corrected chi connectivity index (χ1v) is 8.79. The third-order valence-electron chi connectivity index (χ3n) is 4.92. The number of carbonyl (C=O) groups excluding carboxylic acids is 1. The number of hydrogen-bond acceptors (Lipinski definition) is 2. The molecule has 0 saturated carbocycles. The fourth-order valence-electron chi connectivity index (χ4n) is 3.52. The van der Waals surface area contributed by atoms with E-state index in [1.165, 1.54) is 0 Å². The van der Waals surface area contributed by atoms with Gasteiger partial charge in [-0.05, 0) is 70.1 Å². The standard InChI is InChI=1S/C19H24ClN3O.ClH/c1-13-12-18(19(24)22(3)16-8-10-21-11-9-16)14(2)23(13)17-6-4-15(20)5-7-17;/h4-7,12,16,21H,8-11H2,1-3H3;1H. The summed E-state index contributed by atoms with van der Waals surface area (Å²) in [5.74, 6) is 0.107. The van der Waals surface area contributed by atoms with Crippen LogP contribution in [0.25, 0.3) is 5.69 Å². The van der Waals surface area contributed by atoms with Crippen LogP contribution >= 0.6 is 24.0 Å². The van der Waals surface area contributed by atoms with Crippen molar-refractivity contribution in [3.63, 3.8) is 0 Å². The minimum Gasteiger partial charge on any atom is -0.339 e. The Balaban J connectivity index is 0.00000225. The summed E-state index contributed by atoms with van der Waals surface area (Å²) in [4.78, 5) is 14.9. The molecule has 1 aliphatic heterocycles. The van der Waals surface area contributed by atoms with Crippen LogP contribution in [0.3, 0.4) is 0 Å². The van der Waals surface area contributed by atoms with Crippen molar-refractivity contribution in [3.05, 3.63) is 52.3 Å². The van der Waals surface area contributed by atoms with E-state index in [2.05, 4.69) is 9.88 Å². The molecule has 6 heteroatoms. The van der Waals surface area contributed by atoms with E-state index in [-0.39, 0.29) is 18.3 Å². The van der Waals surface area contributed by atoms with Crippen molar-refractivity contribution in [1.82, 2.24) is 14.8 Å². The smallest absolute Gasteiger partial charge is 0.255 e. The van der Waals surface area contributed by atoms with Gasteiger partial charge in [0.25, 0.3) is 5.91 Å². The molecule has 0 radical (unpaired) electrons. The summed E-state index contributed by atoms with van der Waals surface area (Å²) in [7, 11) is 1.92. The number of nitrogens with one attached hydrogen (secondary N) is 1. The van der Waals surface area contributed by atoms with Crippen LogP contribution in [0.15, 0.2) is 30.3 Å². The Kier molecular flexibility index (Phi) is 6.55. The highest BCUT2D eigenvalue weighted by Gasteiger charge is 2.25. The second-order valence-electron chi connectivity index (χ2n) is 6.49. The van der Waals surface area contributed by atoms with Gasteiger partial charge in [-0.3, -0.25) is 4.79 Å². The lowest BCUT2D eigenvalue weighted by Crippen LogP contribution is -2.44. The van der Waals surface area contributed by atoms with Crippen LogP contribution < -0.4 is 5.32 Å². The van der Waals surface area contributed by atoms with Crippen molar-refractivity contribution in [2.24, 2.45) is 0 Å². The number of benzene rings is 1. The molecule has 1 aliphatic rings. The van der Waals surface area contributed by atoms with Crippen molar-refractivity contribution in [3.8, 4) is 5.69 Å². The molecule has 1 aromatic carbocycles. The lowest BCUT2D eigenvalue weighted by atomic mass is 10.0. The third-order valence-corrected chi connectivity index (χ3v) is 5.18. The molecule has 4 nitrogen and oxygen atoms in total. The second kappa shape index (κ2) is 8.26. The summed E-state index contributed by atoms with van der Waals surface area (Å²) in [5, 5.41) is 4.06. The Morgan fingerprint density at radius 1 is 1.20 bits per heavy atom. The van der Waals surface area contributed by atoms with E-state index in [9.17, 15) is 4.79 Å². The fraction of sp³-hybridized carbons (Fsp3) is 0.421. The van der Waals surface area contributed by atoms with E-state index >= 15 is 0 Å². The predicted octanol–water partition coefficient (Wildman–Crippen LogP) is 3.99. The zero-order valence-electron chi connectivity index (χ0n) is 14.9. The second-order valence-corrected chi connectivity index (χ2v) is 6.93. The van der Waals surface area contributed by atoms with Gasteiger partial charge >= 0.3 is 0 Å². The van der Waals surface area contributed by atoms with Gasteiger partial charge in [0.1, 0.15) is 0 Å². The number of aryl methyl sites for hydroxylation is 1. The van der Waals surface area contributed by atoms with Gasteiger partial charge in [0, 0.05) is 35.2 Å². The number of piperidine rings is 1. The minimum absolute atomic E-state index is 0. The van der Waals surface area contributed by atoms with Crippen molar-refractivity contribution >= 4 is 29.9 Å². The Morgan fingerprint density at radius 3 is 2.40 bits per heavy atom. The molecule has 0 atom stereocenters. The number of rotatable bonds is 3. The van der Waals surface area contributed by atoms with E-state index in [0.717, 1.165) is 48.6 Å². The summed E-state index contributed by atoms with van der Waals surface area (Å²) >= 11 is 5.99. The normalized spacial score (nSPS) is 14.9. The van der Waals surface area contributed by atoms with Gasteiger partial charge in [-0.25, -0.2) is 0 Å². The molecular formula is C19H25Cl2N3O. The molecule has 1 fully saturated rings. The topological polar surface area (TPSA) is 37.3 Å². The van der Waals surface area contributed by atoms with E-state index < -0.39 is 0 Å². The zero-order chi connectivity index (χ0) is 17.3. The van der Waals surface area contributed by atoms with Crippen molar-refractivity contribution in [2.75, 3.05) is 20.1 Å². The Labute approximate surface area is 160 Å². The lowest BCUT2D eigenvalue weighted by Gasteiger charge is -2.31. The first-order valence-electron chi connectivity index (χ1n) is 8.42. The summed E-state index contributed by atoms with van der Waals surface area (Å²) in [6.45, 7) is 5.99.